The Bertz CT molecular complexity index is 805. The summed E-state index contributed by atoms with van der Waals surface area (Å²) in [5.74, 6) is 2.13. The van der Waals surface area contributed by atoms with Gasteiger partial charge in [0.05, 0.1) is 25.5 Å². The van der Waals surface area contributed by atoms with Gasteiger partial charge in [0.15, 0.2) is 5.82 Å². The van der Waals surface area contributed by atoms with E-state index < -0.39 is 0 Å². The van der Waals surface area contributed by atoms with Crippen LogP contribution in [0.25, 0.3) is 17.1 Å². The van der Waals surface area contributed by atoms with Gasteiger partial charge in [-0.15, -0.1) is 0 Å². The zero-order valence-electron chi connectivity index (χ0n) is 12.7. The Balaban J connectivity index is 1.63. The van der Waals surface area contributed by atoms with E-state index >= 15 is 0 Å². The molecule has 1 atom stereocenters. The number of rotatable bonds is 4. The standard InChI is InChI=1S/C16H16N4O3/c1-21-14-5-3-2-4-13(14)20-9-12(8-17-20)16-18-15(19-23-16)11-6-7-22-10-11/h2-5,8-9,11H,6-7,10H2,1H3/t11-/m0/s1. The van der Waals surface area contributed by atoms with Crippen molar-refractivity contribution < 1.29 is 14.0 Å². The van der Waals surface area contributed by atoms with Gasteiger partial charge in [0.2, 0.25) is 0 Å². The highest BCUT2D eigenvalue weighted by molar-refractivity contribution is 5.53. The van der Waals surface area contributed by atoms with Crippen LogP contribution in [-0.2, 0) is 4.74 Å². The fourth-order valence-corrected chi connectivity index (χ4v) is 2.64. The van der Waals surface area contributed by atoms with Crippen LogP contribution < -0.4 is 4.74 Å². The van der Waals surface area contributed by atoms with Crippen LogP contribution in [0.2, 0.25) is 0 Å². The van der Waals surface area contributed by atoms with Crippen molar-refractivity contribution in [1.29, 1.82) is 0 Å². The maximum atomic E-state index is 5.37. The number of aromatic nitrogens is 4. The third-order valence-electron chi connectivity index (χ3n) is 3.90. The van der Waals surface area contributed by atoms with E-state index in [9.17, 15) is 0 Å². The van der Waals surface area contributed by atoms with Gasteiger partial charge in [0.1, 0.15) is 11.4 Å². The molecule has 1 aliphatic heterocycles. The summed E-state index contributed by atoms with van der Waals surface area (Å²) in [5, 5.41) is 8.42. The van der Waals surface area contributed by atoms with Crippen molar-refractivity contribution in [1.82, 2.24) is 19.9 Å². The zero-order chi connectivity index (χ0) is 15.6. The van der Waals surface area contributed by atoms with Crippen LogP contribution in [-0.4, -0.2) is 40.2 Å². The Hall–Kier alpha value is -2.67. The van der Waals surface area contributed by atoms with E-state index in [4.69, 9.17) is 14.0 Å². The number of para-hydroxylation sites is 2. The lowest BCUT2D eigenvalue weighted by atomic mass is 10.1. The summed E-state index contributed by atoms with van der Waals surface area (Å²) >= 11 is 0. The maximum Gasteiger partial charge on any atom is 0.261 e. The molecule has 1 aliphatic rings. The largest absolute Gasteiger partial charge is 0.494 e. The molecule has 7 heteroatoms. The molecule has 1 aromatic carbocycles. The molecule has 0 saturated carbocycles. The first-order valence-electron chi connectivity index (χ1n) is 7.45. The Morgan fingerprint density at radius 2 is 2.22 bits per heavy atom. The van der Waals surface area contributed by atoms with Gasteiger partial charge < -0.3 is 14.0 Å². The molecular formula is C16H16N4O3. The van der Waals surface area contributed by atoms with Gasteiger partial charge in [-0.25, -0.2) is 4.68 Å². The Kier molecular flexibility index (Phi) is 3.55. The highest BCUT2D eigenvalue weighted by atomic mass is 16.5. The molecule has 7 nitrogen and oxygen atoms in total. The predicted octanol–water partition coefficient (Wildman–Crippen LogP) is 2.43. The van der Waals surface area contributed by atoms with Gasteiger partial charge in [0, 0.05) is 18.7 Å². The number of hydrogen-bond acceptors (Lipinski definition) is 6. The van der Waals surface area contributed by atoms with Crippen LogP contribution in [0.4, 0.5) is 0 Å². The van der Waals surface area contributed by atoms with Crippen LogP contribution in [0, 0.1) is 0 Å². The third-order valence-corrected chi connectivity index (χ3v) is 3.90. The average Bonchev–Trinajstić information content (AvgIpc) is 3.34. The summed E-state index contributed by atoms with van der Waals surface area (Å²) < 4.78 is 17.8. The molecule has 0 aliphatic carbocycles. The molecule has 23 heavy (non-hydrogen) atoms. The SMILES string of the molecule is COc1ccccc1-n1cc(-c2nc([C@H]3CCOC3)no2)cn1. The molecule has 4 rings (SSSR count). The normalized spacial score (nSPS) is 17.5. The molecule has 1 fully saturated rings. The molecule has 0 unspecified atom stereocenters. The molecular weight excluding hydrogens is 296 g/mol. The van der Waals surface area contributed by atoms with Crippen LogP contribution >= 0.6 is 0 Å². The summed E-state index contributed by atoms with van der Waals surface area (Å²) in [6, 6.07) is 7.68. The molecule has 3 heterocycles. The molecule has 0 spiro atoms. The third kappa shape index (κ3) is 2.59. The maximum absolute atomic E-state index is 5.37. The summed E-state index contributed by atoms with van der Waals surface area (Å²) in [5.41, 5.74) is 1.62. The predicted molar refractivity (Wildman–Crippen MR) is 81.6 cm³/mol. The van der Waals surface area contributed by atoms with Gasteiger partial charge >= 0.3 is 0 Å². The molecule has 118 valence electrons. The number of ether oxygens (including phenoxy) is 2. The molecule has 0 bridgehead atoms. The molecule has 3 aromatic rings. The van der Waals surface area contributed by atoms with Crippen LogP contribution in [0.3, 0.4) is 0 Å². The van der Waals surface area contributed by atoms with Crippen LogP contribution in [0.5, 0.6) is 5.75 Å². The summed E-state index contributed by atoms with van der Waals surface area (Å²) in [6.07, 6.45) is 4.48. The highest BCUT2D eigenvalue weighted by Crippen LogP contribution is 2.27. The molecule has 1 saturated heterocycles. The van der Waals surface area contributed by atoms with Crippen LogP contribution in [0.1, 0.15) is 18.2 Å². The van der Waals surface area contributed by atoms with E-state index in [1.807, 2.05) is 30.5 Å². The number of benzene rings is 1. The monoisotopic (exact) mass is 312 g/mol. The van der Waals surface area contributed by atoms with Gasteiger partial charge in [-0.05, 0) is 18.6 Å². The fraction of sp³-hybridized carbons (Fsp3) is 0.312. The van der Waals surface area contributed by atoms with Gasteiger partial charge in [0.25, 0.3) is 5.89 Å². The highest BCUT2D eigenvalue weighted by Gasteiger charge is 2.24. The molecule has 0 amide bonds. The number of hydrogen-bond donors (Lipinski definition) is 0. The first-order valence-corrected chi connectivity index (χ1v) is 7.45. The lowest BCUT2D eigenvalue weighted by molar-refractivity contribution is 0.192. The first kappa shape index (κ1) is 14.0. The summed E-state index contributed by atoms with van der Waals surface area (Å²) in [4.78, 5) is 4.47. The van der Waals surface area contributed by atoms with Crippen molar-refractivity contribution in [2.45, 2.75) is 12.3 Å². The van der Waals surface area contributed by atoms with Crippen molar-refractivity contribution in [3.63, 3.8) is 0 Å². The van der Waals surface area contributed by atoms with E-state index in [-0.39, 0.29) is 5.92 Å². The van der Waals surface area contributed by atoms with Crippen molar-refractivity contribution in [3.05, 3.63) is 42.5 Å². The minimum atomic E-state index is 0.219. The minimum Gasteiger partial charge on any atom is -0.494 e. The second-order valence-corrected chi connectivity index (χ2v) is 5.36. The fourth-order valence-electron chi connectivity index (χ4n) is 2.64. The quantitative estimate of drug-likeness (QED) is 0.736. The Morgan fingerprint density at radius 1 is 1.30 bits per heavy atom. The van der Waals surface area contributed by atoms with E-state index in [0.29, 0.717) is 18.3 Å². The molecule has 0 radical (unpaired) electrons. The van der Waals surface area contributed by atoms with Crippen molar-refractivity contribution in [3.8, 4) is 22.9 Å². The second-order valence-electron chi connectivity index (χ2n) is 5.36. The summed E-state index contributed by atoms with van der Waals surface area (Å²) in [7, 11) is 1.64. The number of nitrogens with zero attached hydrogens (tertiary/aromatic N) is 4. The van der Waals surface area contributed by atoms with Crippen molar-refractivity contribution >= 4 is 0 Å². The van der Waals surface area contributed by atoms with Crippen molar-refractivity contribution in [2.75, 3.05) is 20.3 Å². The number of methoxy groups -OCH3 is 1. The average molecular weight is 312 g/mol. The van der Waals surface area contributed by atoms with Crippen molar-refractivity contribution in [2.24, 2.45) is 0 Å². The lowest BCUT2D eigenvalue weighted by Crippen LogP contribution is -1.99. The molecule has 2 aromatic heterocycles. The van der Waals surface area contributed by atoms with E-state index in [0.717, 1.165) is 30.0 Å². The van der Waals surface area contributed by atoms with Gasteiger partial charge in [-0.3, -0.25) is 0 Å². The zero-order valence-corrected chi connectivity index (χ0v) is 12.7. The minimum absolute atomic E-state index is 0.219. The summed E-state index contributed by atoms with van der Waals surface area (Å²) in [6.45, 7) is 1.40. The van der Waals surface area contributed by atoms with Gasteiger partial charge in [-0.1, -0.05) is 17.3 Å². The van der Waals surface area contributed by atoms with E-state index in [2.05, 4.69) is 15.2 Å². The Morgan fingerprint density at radius 3 is 3.04 bits per heavy atom. The smallest absolute Gasteiger partial charge is 0.261 e. The topological polar surface area (TPSA) is 75.2 Å². The van der Waals surface area contributed by atoms with E-state index in [1.165, 1.54) is 0 Å². The Labute approximate surface area is 132 Å². The second kappa shape index (κ2) is 5.85. The first-order chi connectivity index (χ1) is 11.3. The van der Waals surface area contributed by atoms with Gasteiger partial charge in [-0.2, -0.15) is 10.1 Å². The lowest BCUT2D eigenvalue weighted by Gasteiger charge is -2.07. The molecule has 0 N–H and O–H groups in total. The van der Waals surface area contributed by atoms with Crippen LogP contribution in [0.15, 0.2) is 41.2 Å². The van der Waals surface area contributed by atoms with E-state index in [1.54, 1.807) is 18.0 Å².